The Morgan fingerprint density at radius 1 is 1.33 bits per heavy atom. The summed E-state index contributed by atoms with van der Waals surface area (Å²) in [6.45, 7) is 0. The minimum Gasteiger partial charge on any atom is -0.504 e. The van der Waals surface area contributed by atoms with E-state index in [4.69, 9.17) is 9.57 Å². The fourth-order valence-corrected chi connectivity index (χ4v) is 2.44. The molecule has 1 aliphatic heterocycles. The second-order valence-corrected chi connectivity index (χ2v) is 5.22. The van der Waals surface area contributed by atoms with Gasteiger partial charge in [-0.1, -0.05) is 18.2 Å². The van der Waals surface area contributed by atoms with Crippen LogP contribution in [0.1, 0.15) is 28.4 Å². The smallest absolute Gasteiger partial charge is 0.337 e. The number of hydroxylamine groups is 1. The van der Waals surface area contributed by atoms with Gasteiger partial charge in [0.15, 0.2) is 11.5 Å². The number of nitrogens with one attached hydrogen (secondary N) is 1. The van der Waals surface area contributed by atoms with E-state index < -0.39 is 5.97 Å². The molecule has 7 heteroatoms. The van der Waals surface area contributed by atoms with Gasteiger partial charge >= 0.3 is 5.97 Å². The first-order valence-electron chi connectivity index (χ1n) is 7.27. The molecule has 3 N–H and O–H groups in total. The molecular formula is C17H16N2O5. The lowest BCUT2D eigenvalue weighted by Gasteiger charge is -2.10. The molecule has 3 rings (SSSR count). The Labute approximate surface area is 138 Å². The van der Waals surface area contributed by atoms with Gasteiger partial charge in [-0.2, -0.15) is 0 Å². The first kappa shape index (κ1) is 15.8. The minimum absolute atomic E-state index is 0.0523. The first-order valence-corrected chi connectivity index (χ1v) is 7.27. The third-order valence-corrected chi connectivity index (χ3v) is 3.66. The molecule has 1 saturated heterocycles. The van der Waals surface area contributed by atoms with Gasteiger partial charge in [0.25, 0.3) is 0 Å². The lowest BCUT2D eigenvalue weighted by atomic mass is 10.1. The number of methoxy groups -OCH3 is 1. The number of rotatable bonds is 4. The van der Waals surface area contributed by atoms with E-state index in [9.17, 15) is 15.0 Å². The summed E-state index contributed by atoms with van der Waals surface area (Å²) in [5.41, 5.74) is 4.03. The number of carbonyl (C=O) groups is 1. The molecule has 1 atom stereocenters. The van der Waals surface area contributed by atoms with Crippen molar-refractivity contribution in [2.75, 3.05) is 7.11 Å². The quantitative estimate of drug-likeness (QED) is 0.798. The van der Waals surface area contributed by atoms with Crippen molar-refractivity contribution in [2.45, 2.75) is 12.5 Å². The number of amidine groups is 1. The molecule has 0 aliphatic carbocycles. The molecule has 0 saturated carbocycles. The fraction of sp³-hybridized carbons (Fsp3) is 0.176. The summed E-state index contributed by atoms with van der Waals surface area (Å²) < 4.78 is 5.09. The van der Waals surface area contributed by atoms with Crippen molar-refractivity contribution >= 4 is 17.5 Å². The number of para-hydroxylation sites is 1. The molecule has 24 heavy (non-hydrogen) atoms. The normalized spacial score (nSPS) is 18.4. The van der Waals surface area contributed by atoms with Gasteiger partial charge in [-0.05, 0) is 29.8 Å². The van der Waals surface area contributed by atoms with E-state index >= 15 is 0 Å². The standard InChI is InChI=1S/C17H16N2O5/c1-23-15-8-10(6-7-13(15)20)14-9-16(19-24-14)18-12-5-3-2-4-11(12)17(21)22/h2-8,14,20H,9H2,1H3,(H,18,19)(H,21,22). The number of hydrogen-bond acceptors (Lipinski definition) is 5. The summed E-state index contributed by atoms with van der Waals surface area (Å²) in [6, 6.07) is 11.5. The van der Waals surface area contributed by atoms with E-state index in [1.165, 1.54) is 19.2 Å². The Morgan fingerprint density at radius 2 is 2.12 bits per heavy atom. The zero-order valence-corrected chi connectivity index (χ0v) is 12.9. The number of aliphatic imine (C=N–C) groups is 1. The summed E-state index contributed by atoms with van der Waals surface area (Å²) in [6.07, 6.45) is 0.136. The van der Waals surface area contributed by atoms with Gasteiger partial charge in [-0.3, -0.25) is 10.3 Å². The van der Waals surface area contributed by atoms with E-state index in [0.717, 1.165) is 5.56 Å². The molecule has 0 aromatic heterocycles. The van der Waals surface area contributed by atoms with Gasteiger partial charge in [-0.25, -0.2) is 9.79 Å². The van der Waals surface area contributed by atoms with Crippen LogP contribution in [0.3, 0.4) is 0 Å². The second-order valence-electron chi connectivity index (χ2n) is 5.22. The molecule has 1 aliphatic rings. The van der Waals surface area contributed by atoms with E-state index in [1.807, 2.05) is 0 Å². The molecule has 124 valence electrons. The first-order chi connectivity index (χ1) is 11.6. The molecule has 1 fully saturated rings. The molecule has 0 radical (unpaired) electrons. The van der Waals surface area contributed by atoms with Crippen molar-refractivity contribution in [2.24, 2.45) is 4.99 Å². The molecule has 0 spiro atoms. The molecule has 0 bridgehead atoms. The maximum Gasteiger partial charge on any atom is 0.337 e. The largest absolute Gasteiger partial charge is 0.504 e. The highest BCUT2D eigenvalue weighted by Gasteiger charge is 2.25. The SMILES string of the molecule is COc1cc(C2CC(=Nc3ccccc3C(=O)O)NO2)ccc1O. The number of nitrogens with zero attached hydrogens (tertiary/aromatic N) is 1. The Hall–Kier alpha value is -3.06. The fourth-order valence-electron chi connectivity index (χ4n) is 2.44. The van der Waals surface area contributed by atoms with Crippen LogP contribution in [0.15, 0.2) is 47.5 Å². The number of phenolic OH excluding ortho intramolecular Hbond substituents is 1. The summed E-state index contributed by atoms with van der Waals surface area (Å²) in [5, 5.41) is 18.8. The average Bonchev–Trinajstić information content (AvgIpc) is 3.04. The number of hydrogen-bond donors (Lipinski definition) is 3. The van der Waals surface area contributed by atoms with Crippen LogP contribution in [-0.4, -0.2) is 29.1 Å². The van der Waals surface area contributed by atoms with Crippen LogP contribution < -0.4 is 10.2 Å². The van der Waals surface area contributed by atoms with Crippen molar-refractivity contribution in [1.82, 2.24) is 5.48 Å². The summed E-state index contributed by atoms with van der Waals surface area (Å²) in [5.74, 6) is -0.0939. The molecule has 2 aromatic carbocycles. The van der Waals surface area contributed by atoms with Gasteiger partial charge in [0.1, 0.15) is 11.9 Å². The van der Waals surface area contributed by atoms with E-state index in [2.05, 4.69) is 10.5 Å². The van der Waals surface area contributed by atoms with E-state index in [0.29, 0.717) is 23.7 Å². The molecule has 0 amide bonds. The molecular weight excluding hydrogens is 312 g/mol. The van der Waals surface area contributed by atoms with Crippen molar-refractivity contribution < 1.29 is 24.6 Å². The summed E-state index contributed by atoms with van der Waals surface area (Å²) in [7, 11) is 1.47. The summed E-state index contributed by atoms with van der Waals surface area (Å²) in [4.78, 5) is 21.1. The predicted molar refractivity (Wildman–Crippen MR) is 86.7 cm³/mol. The minimum atomic E-state index is -1.03. The highest BCUT2D eigenvalue weighted by molar-refractivity contribution is 5.95. The number of phenols is 1. The van der Waals surface area contributed by atoms with Crippen LogP contribution in [-0.2, 0) is 4.84 Å². The van der Waals surface area contributed by atoms with Gasteiger partial charge in [-0.15, -0.1) is 0 Å². The van der Waals surface area contributed by atoms with Crippen LogP contribution >= 0.6 is 0 Å². The number of carboxylic acids is 1. The Morgan fingerprint density at radius 3 is 2.88 bits per heavy atom. The van der Waals surface area contributed by atoms with Gasteiger partial charge in [0.05, 0.1) is 18.4 Å². The third kappa shape index (κ3) is 3.16. The maximum absolute atomic E-state index is 11.2. The van der Waals surface area contributed by atoms with Gasteiger partial charge in [0, 0.05) is 6.42 Å². The van der Waals surface area contributed by atoms with E-state index in [1.54, 1.807) is 30.3 Å². The maximum atomic E-state index is 11.2. The van der Waals surface area contributed by atoms with Crippen LogP contribution in [0.2, 0.25) is 0 Å². The number of aromatic carboxylic acids is 1. The lowest BCUT2D eigenvalue weighted by molar-refractivity contribution is 0.0447. The molecule has 1 heterocycles. The van der Waals surface area contributed by atoms with Crippen molar-refractivity contribution in [3.8, 4) is 11.5 Å². The van der Waals surface area contributed by atoms with Crippen LogP contribution in [0.5, 0.6) is 11.5 Å². The second kappa shape index (κ2) is 6.59. The number of ether oxygens (including phenoxy) is 1. The summed E-state index contributed by atoms with van der Waals surface area (Å²) >= 11 is 0. The van der Waals surface area contributed by atoms with E-state index in [-0.39, 0.29) is 17.4 Å². The number of aromatic hydroxyl groups is 1. The van der Waals surface area contributed by atoms with Crippen LogP contribution in [0.4, 0.5) is 5.69 Å². The Balaban J connectivity index is 1.82. The molecule has 1 unspecified atom stereocenters. The zero-order valence-electron chi connectivity index (χ0n) is 12.9. The monoisotopic (exact) mass is 328 g/mol. The molecule has 2 aromatic rings. The van der Waals surface area contributed by atoms with Crippen molar-refractivity contribution in [3.05, 3.63) is 53.6 Å². The third-order valence-electron chi connectivity index (χ3n) is 3.66. The Kier molecular flexibility index (Phi) is 4.35. The molecule has 7 nitrogen and oxygen atoms in total. The number of carboxylic acid groups (broad SMARTS) is 1. The van der Waals surface area contributed by atoms with Crippen LogP contribution in [0, 0.1) is 0 Å². The highest BCUT2D eigenvalue weighted by atomic mass is 16.7. The van der Waals surface area contributed by atoms with Gasteiger partial charge < -0.3 is 14.9 Å². The number of benzene rings is 2. The zero-order chi connectivity index (χ0) is 17.1. The lowest BCUT2D eigenvalue weighted by Crippen LogP contribution is -2.12. The Bertz CT molecular complexity index is 803. The topological polar surface area (TPSA) is 100 Å². The predicted octanol–water partition coefficient (Wildman–Crippen LogP) is 2.80. The van der Waals surface area contributed by atoms with Gasteiger partial charge in [0.2, 0.25) is 0 Å². The van der Waals surface area contributed by atoms with Crippen LogP contribution in [0.25, 0.3) is 0 Å². The highest BCUT2D eigenvalue weighted by Crippen LogP contribution is 2.33. The van der Waals surface area contributed by atoms with Crippen molar-refractivity contribution in [3.63, 3.8) is 0 Å². The average molecular weight is 328 g/mol. The van der Waals surface area contributed by atoms with Crippen molar-refractivity contribution in [1.29, 1.82) is 0 Å².